The molecular weight excluding hydrogens is 242 g/mol. The lowest BCUT2D eigenvalue weighted by Crippen LogP contribution is -2.31. The van der Waals surface area contributed by atoms with Crippen LogP contribution >= 0.6 is 0 Å². The number of hydrogen-bond donors (Lipinski definition) is 2. The minimum absolute atomic E-state index is 0.0298. The second kappa shape index (κ2) is 6.04. The molecule has 2 N–H and O–H groups in total. The van der Waals surface area contributed by atoms with E-state index >= 15 is 0 Å². The number of carbonyl (C=O) groups is 1. The lowest BCUT2D eigenvalue weighted by Gasteiger charge is -2.12. The number of nitrogens with one attached hydrogen (secondary N) is 1. The average Bonchev–Trinajstić information content (AvgIpc) is 2.92. The number of hydrogen-bond acceptors (Lipinski definition) is 3. The minimum Gasteiger partial charge on any atom is -0.508 e. The number of phenols is 1. The summed E-state index contributed by atoms with van der Waals surface area (Å²) >= 11 is 0. The smallest absolute Gasteiger partial charge is 0.227 e. The van der Waals surface area contributed by atoms with Gasteiger partial charge in [-0.3, -0.25) is 9.48 Å². The van der Waals surface area contributed by atoms with Gasteiger partial charge in [0.2, 0.25) is 5.91 Å². The number of rotatable bonds is 5. The molecule has 0 aliphatic rings. The van der Waals surface area contributed by atoms with Gasteiger partial charge in [-0.05, 0) is 30.7 Å². The molecular formula is C14H17N3O2. The molecule has 2 aromatic rings. The van der Waals surface area contributed by atoms with Gasteiger partial charge in [0.1, 0.15) is 5.75 Å². The van der Waals surface area contributed by atoms with Crippen LogP contribution < -0.4 is 5.32 Å². The fourth-order valence-corrected chi connectivity index (χ4v) is 1.79. The van der Waals surface area contributed by atoms with Gasteiger partial charge in [-0.25, -0.2) is 0 Å². The number of amides is 1. The molecule has 5 heteroatoms. The van der Waals surface area contributed by atoms with E-state index in [1.807, 2.05) is 19.2 Å². The first-order chi connectivity index (χ1) is 9.16. The Morgan fingerprint density at radius 3 is 2.79 bits per heavy atom. The third-order valence-electron chi connectivity index (χ3n) is 2.99. The van der Waals surface area contributed by atoms with Crippen molar-refractivity contribution in [2.45, 2.75) is 19.4 Å². The van der Waals surface area contributed by atoms with Gasteiger partial charge in [0.05, 0.1) is 12.5 Å². The van der Waals surface area contributed by atoms with Crippen molar-refractivity contribution in [3.05, 3.63) is 48.3 Å². The lowest BCUT2D eigenvalue weighted by molar-refractivity contribution is -0.122. The summed E-state index contributed by atoms with van der Waals surface area (Å²) in [4.78, 5) is 12.0. The summed E-state index contributed by atoms with van der Waals surface area (Å²) in [6, 6.07) is 8.53. The van der Waals surface area contributed by atoms with Crippen LogP contribution in [0.4, 0.5) is 0 Å². The maximum atomic E-state index is 12.0. The highest BCUT2D eigenvalue weighted by atomic mass is 16.3. The van der Waals surface area contributed by atoms with Gasteiger partial charge in [0.15, 0.2) is 0 Å². The highest BCUT2D eigenvalue weighted by Crippen LogP contribution is 2.18. The number of carbonyl (C=O) groups excluding carboxylic acids is 1. The van der Waals surface area contributed by atoms with E-state index in [1.54, 1.807) is 35.1 Å². The molecule has 0 unspecified atom stereocenters. The van der Waals surface area contributed by atoms with E-state index in [1.165, 1.54) is 0 Å². The van der Waals surface area contributed by atoms with E-state index in [-0.39, 0.29) is 17.6 Å². The van der Waals surface area contributed by atoms with Gasteiger partial charge in [0.25, 0.3) is 0 Å². The molecule has 0 spiro atoms. The van der Waals surface area contributed by atoms with Crippen molar-refractivity contribution in [3.63, 3.8) is 0 Å². The van der Waals surface area contributed by atoms with Crippen molar-refractivity contribution in [3.8, 4) is 5.75 Å². The Morgan fingerprint density at radius 1 is 1.42 bits per heavy atom. The molecule has 0 saturated carbocycles. The Morgan fingerprint density at radius 2 is 2.16 bits per heavy atom. The van der Waals surface area contributed by atoms with Crippen LogP contribution in [-0.2, 0) is 11.3 Å². The van der Waals surface area contributed by atoms with Crippen molar-refractivity contribution in [2.75, 3.05) is 6.54 Å². The molecule has 1 heterocycles. The van der Waals surface area contributed by atoms with Gasteiger partial charge >= 0.3 is 0 Å². The van der Waals surface area contributed by atoms with Crippen LogP contribution in [-0.4, -0.2) is 27.3 Å². The maximum absolute atomic E-state index is 12.0. The average molecular weight is 259 g/mol. The molecule has 0 bridgehead atoms. The Hall–Kier alpha value is -2.30. The molecule has 100 valence electrons. The van der Waals surface area contributed by atoms with Gasteiger partial charge in [-0.1, -0.05) is 12.1 Å². The molecule has 1 aromatic heterocycles. The molecule has 2 rings (SSSR count). The second-order valence-corrected chi connectivity index (χ2v) is 4.37. The summed E-state index contributed by atoms with van der Waals surface area (Å²) in [6.07, 6.45) is 3.57. The zero-order chi connectivity index (χ0) is 13.7. The molecule has 19 heavy (non-hydrogen) atoms. The Labute approximate surface area is 111 Å². The number of phenolic OH excluding ortho intramolecular Hbond substituents is 1. The van der Waals surface area contributed by atoms with Crippen molar-refractivity contribution in [1.82, 2.24) is 15.1 Å². The summed E-state index contributed by atoms with van der Waals surface area (Å²) < 4.78 is 1.77. The number of nitrogens with zero attached hydrogens (tertiary/aromatic N) is 2. The Balaban J connectivity index is 1.83. The van der Waals surface area contributed by atoms with E-state index in [9.17, 15) is 9.90 Å². The van der Waals surface area contributed by atoms with Gasteiger partial charge in [-0.15, -0.1) is 0 Å². The molecule has 0 aliphatic carbocycles. The van der Waals surface area contributed by atoms with Gasteiger partial charge in [0, 0.05) is 18.9 Å². The first-order valence-corrected chi connectivity index (χ1v) is 6.21. The van der Waals surface area contributed by atoms with Crippen LogP contribution in [0.2, 0.25) is 0 Å². The zero-order valence-electron chi connectivity index (χ0n) is 10.8. The Kier molecular flexibility index (Phi) is 4.18. The first-order valence-electron chi connectivity index (χ1n) is 6.21. The largest absolute Gasteiger partial charge is 0.508 e. The van der Waals surface area contributed by atoms with Crippen molar-refractivity contribution < 1.29 is 9.90 Å². The summed E-state index contributed by atoms with van der Waals surface area (Å²) in [6.45, 7) is 3.04. The SMILES string of the molecule is C[C@H](C(=O)NCCn1cccn1)c1ccc(O)cc1. The molecule has 0 fully saturated rings. The monoisotopic (exact) mass is 259 g/mol. The molecule has 1 amide bonds. The lowest BCUT2D eigenvalue weighted by atomic mass is 10.0. The van der Waals surface area contributed by atoms with E-state index in [0.717, 1.165) is 5.56 Å². The second-order valence-electron chi connectivity index (χ2n) is 4.37. The number of benzene rings is 1. The Bertz CT molecular complexity index is 520. The molecule has 0 radical (unpaired) electrons. The van der Waals surface area contributed by atoms with Crippen LogP contribution in [0.25, 0.3) is 0 Å². The van der Waals surface area contributed by atoms with Crippen LogP contribution in [0.3, 0.4) is 0 Å². The van der Waals surface area contributed by atoms with Crippen molar-refractivity contribution in [2.24, 2.45) is 0 Å². The third-order valence-corrected chi connectivity index (χ3v) is 2.99. The van der Waals surface area contributed by atoms with Crippen LogP contribution in [0.1, 0.15) is 18.4 Å². The standard InChI is InChI=1S/C14H17N3O2/c1-11(12-3-5-13(18)6-4-12)14(19)15-8-10-17-9-2-7-16-17/h2-7,9,11,18H,8,10H2,1H3,(H,15,19)/t11-/m0/s1. The van der Waals surface area contributed by atoms with Crippen molar-refractivity contribution >= 4 is 5.91 Å². The van der Waals surface area contributed by atoms with E-state index in [4.69, 9.17) is 0 Å². The highest BCUT2D eigenvalue weighted by Gasteiger charge is 2.14. The maximum Gasteiger partial charge on any atom is 0.227 e. The summed E-state index contributed by atoms with van der Waals surface area (Å²) in [5.74, 6) is -0.0638. The predicted molar refractivity (Wildman–Crippen MR) is 71.8 cm³/mol. The van der Waals surface area contributed by atoms with Crippen LogP contribution in [0, 0.1) is 0 Å². The molecule has 5 nitrogen and oxygen atoms in total. The summed E-state index contributed by atoms with van der Waals surface area (Å²) in [5.41, 5.74) is 0.884. The van der Waals surface area contributed by atoms with E-state index in [0.29, 0.717) is 13.1 Å². The quantitative estimate of drug-likeness (QED) is 0.855. The summed E-state index contributed by atoms with van der Waals surface area (Å²) in [7, 11) is 0. The van der Waals surface area contributed by atoms with E-state index in [2.05, 4.69) is 10.4 Å². The predicted octanol–water partition coefficient (Wildman–Crippen LogP) is 1.51. The molecule has 1 aromatic carbocycles. The summed E-state index contributed by atoms with van der Waals surface area (Å²) in [5, 5.41) is 16.1. The van der Waals surface area contributed by atoms with Gasteiger partial charge < -0.3 is 10.4 Å². The fraction of sp³-hybridized carbons (Fsp3) is 0.286. The van der Waals surface area contributed by atoms with Crippen LogP contribution in [0.15, 0.2) is 42.7 Å². The zero-order valence-corrected chi connectivity index (χ0v) is 10.8. The molecule has 0 aliphatic heterocycles. The topological polar surface area (TPSA) is 67.2 Å². The van der Waals surface area contributed by atoms with E-state index < -0.39 is 0 Å². The van der Waals surface area contributed by atoms with Crippen molar-refractivity contribution in [1.29, 1.82) is 0 Å². The van der Waals surface area contributed by atoms with Gasteiger partial charge in [-0.2, -0.15) is 5.10 Å². The molecule has 0 saturated heterocycles. The van der Waals surface area contributed by atoms with Crippen LogP contribution in [0.5, 0.6) is 5.75 Å². The fourth-order valence-electron chi connectivity index (χ4n) is 1.79. The molecule has 1 atom stereocenters. The third kappa shape index (κ3) is 3.58. The normalized spacial score (nSPS) is 12.1. The number of aromatic nitrogens is 2. The highest BCUT2D eigenvalue weighted by molar-refractivity contribution is 5.83. The minimum atomic E-state index is -0.238. The number of aromatic hydroxyl groups is 1. The first kappa shape index (κ1) is 13.1.